The number of rotatable bonds is 4. The van der Waals surface area contributed by atoms with E-state index < -0.39 is 11.9 Å². The molecule has 0 unspecified atom stereocenters. The highest BCUT2D eigenvalue weighted by atomic mass is 19.1. The summed E-state index contributed by atoms with van der Waals surface area (Å²) in [5.74, 6) is -0.696. The molecular formula is C20H22FN3O2. The Labute approximate surface area is 152 Å². The van der Waals surface area contributed by atoms with E-state index in [4.69, 9.17) is 0 Å². The number of piperazine rings is 1. The Kier molecular flexibility index (Phi) is 5.63. The Morgan fingerprint density at radius 1 is 0.962 bits per heavy atom. The number of nitrogens with zero attached hydrogens (tertiary/aromatic N) is 2. The average Bonchev–Trinajstić information content (AvgIpc) is 2.69. The molecule has 0 saturated carbocycles. The number of hydrogen-bond acceptors (Lipinski definition) is 3. The van der Waals surface area contributed by atoms with Crippen LogP contribution in [0.15, 0.2) is 54.6 Å². The van der Waals surface area contributed by atoms with Crippen molar-refractivity contribution in [2.24, 2.45) is 0 Å². The van der Waals surface area contributed by atoms with Gasteiger partial charge in [0.25, 0.3) is 5.91 Å². The van der Waals surface area contributed by atoms with Crippen LogP contribution in [0.5, 0.6) is 0 Å². The van der Waals surface area contributed by atoms with Gasteiger partial charge in [-0.3, -0.25) is 14.5 Å². The van der Waals surface area contributed by atoms with Crippen molar-refractivity contribution in [3.8, 4) is 0 Å². The lowest BCUT2D eigenvalue weighted by atomic mass is 10.1. The lowest BCUT2D eigenvalue weighted by Crippen LogP contribution is -2.54. The van der Waals surface area contributed by atoms with E-state index in [1.807, 2.05) is 23.1 Å². The van der Waals surface area contributed by atoms with Gasteiger partial charge in [-0.25, -0.2) is 4.39 Å². The molecule has 2 aromatic rings. The number of carbonyl (C=O) groups is 2. The Morgan fingerprint density at radius 3 is 2.23 bits per heavy atom. The maximum Gasteiger partial charge on any atom is 0.253 e. The number of anilines is 1. The fourth-order valence-corrected chi connectivity index (χ4v) is 3.04. The quantitative estimate of drug-likeness (QED) is 0.917. The Morgan fingerprint density at radius 2 is 1.58 bits per heavy atom. The third kappa shape index (κ3) is 4.08. The molecule has 6 heteroatoms. The number of para-hydroxylation sites is 1. The smallest absolute Gasteiger partial charge is 0.253 e. The van der Waals surface area contributed by atoms with Gasteiger partial charge in [0.15, 0.2) is 0 Å². The molecule has 26 heavy (non-hydrogen) atoms. The van der Waals surface area contributed by atoms with E-state index in [0.29, 0.717) is 31.7 Å². The van der Waals surface area contributed by atoms with Gasteiger partial charge in [-0.1, -0.05) is 30.3 Å². The van der Waals surface area contributed by atoms with Crippen LogP contribution in [0, 0.1) is 5.82 Å². The van der Waals surface area contributed by atoms with Gasteiger partial charge in [0, 0.05) is 31.7 Å². The minimum absolute atomic E-state index is 0.00807. The molecule has 0 aliphatic carbocycles. The number of nitrogens with one attached hydrogen (secondary N) is 1. The molecule has 2 amide bonds. The van der Waals surface area contributed by atoms with Gasteiger partial charge in [-0.15, -0.1) is 0 Å². The molecule has 136 valence electrons. The third-order valence-corrected chi connectivity index (χ3v) is 4.68. The molecule has 1 aliphatic rings. The number of amides is 2. The van der Waals surface area contributed by atoms with Crippen LogP contribution < -0.4 is 5.32 Å². The first-order chi connectivity index (χ1) is 12.6. The summed E-state index contributed by atoms with van der Waals surface area (Å²) < 4.78 is 13.7. The predicted molar refractivity (Wildman–Crippen MR) is 98.4 cm³/mol. The summed E-state index contributed by atoms with van der Waals surface area (Å²) in [6.07, 6.45) is 0. The fourth-order valence-electron chi connectivity index (χ4n) is 3.04. The van der Waals surface area contributed by atoms with Crippen LogP contribution in [-0.2, 0) is 4.79 Å². The van der Waals surface area contributed by atoms with Crippen LogP contribution in [0.4, 0.5) is 10.1 Å². The molecule has 1 saturated heterocycles. The Hall–Kier alpha value is -2.73. The molecule has 5 nitrogen and oxygen atoms in total. The normalized spacial score (nSPS) is 16.2. The summed E-state index contributed by atoms with van der Waals surface area (Å²) in [4.78, 5) is 28.7. The largest absolute Gasteiger partial charge is 0.336 e. The molecule has 1 aliphatic heterocycles. The minimum atomic E-state index is -0.452. The lowest BCUT2D eigenvalue weighted by Gasteiger charge is -2.37. The number of hydrogen-bond donors (Lipinski definition) is 1. The average molecular weight is 355 g/mol. The molecule has 1 N–H and O–H groups in total. The van der Waals surface area contributed by atoms with Gasteiger partial charge in [0.1, 0.15) is 5.82 Å². The molecule has 0 aromatic heterocycles. The zero-order chi connectivity index (χ0) is 18.5. The maximum absolute atomic E-state index is 13.7. The van der Waals surface area contributed by atoms with E-state index in [-0.39, 0.29) is 17.5 Å². The standard InChI is InChI=1S/C20H22FN3O2/c1-15(19(25)22-18-10-6-5-9-17(18)21)23-11-13-24(14-12-23)20(26)16-7-3-2-4-8-16/h2-10,15H,11-14H2,1H3,(H,22,25)/t15-/m1/s1. The van der Waals surface area contributed by atoms with Crippen LogP contribution in [0.25, 0.3) is 0 Å². The second-order valence-corrected chi connectivity index (χ2v) is 6.34. The van der Waals surface area contributed by atoms with Crippen molar-refractivity contribution in [3.05, 3.63) is 66.0 Å². The van der Waals surface area contributed by atoms with Crippen LogP contribution >= 0.6 is 0 Å². The molecular weight excluding hydrogens is 333 g/mol. The number of halogens is 1. The molecule has 0 spiro atoms. The lowest BCUT2D eigenvalue weighted by molar-refractivity contribution is -0.121. The minimum Gasteiger partial charge on any atom is -0.336 e. The summed E-state index contributed by atoms with van der Waals surface area (Å²) in [6.45, 7) is 4.12. The zero-order valence-corrected chi connectivity index (χ0v) is 14.7. The second kappa shape index (κ2) is 8.10. The molecule has 1 heterocycles. The fraction of sp³-hybridized carbons (Fsp3) is 0.300. The Bertz CT molecular complexity index is 774. The van der Waals surface area contributed by atoms with Gasteiger partial charge in [-0.2, -0.15) is 0 Å². The van der Waals surface area contributed by atoms with Gasteiger partial charge < -0.3 is 10.2 Å². The first kappa shape index (κ1) is 18.1. The van der Waals surface area contributed by atoms with E-state index in [1.165, 1.54) is 12.1 Å². The van der Waals surface area contributed by atoms with Crippen molar-refractivity contribution in [3.63, 3.8) is 0 Å². The highest BCUT2D eigenvalue weighted by Crippen LogP contribution is 2.15. The van der Waals surface area contributed by atoms with Crippen molar-refractivity contribution in [1.29, 1.82) is 0 Å². The van der Waals surface area contributed by atoms with Crippen molar-refractivity contribution >= 4 is 17.5 Å². The number of carbonyl (C=O) groups excluding carboxylic acids is 2. The first-order valence-corrected chi connectivity index (χ1v) is 8.70. The SMILES string of the molecule is C[C@H](C(=O)Nc1ccccc1F)N1CCN(C(=O)c2ccccc2)CC1. The second-order valence-electron chi connectivity index (χ2n) is 6.34. The van der Waals surface area contributed by atoms with E-state index in [2.05, 4.69) is 5.32 Å². The molecule has 0 radical (unpaired) electrons. The van der Waals surface area contributed by atoms with Crippen LogP contribution in [0.1, 0.15) is 17.3 Å². The van der Waals surface area contributed by atoms with Crippen molar-refractivity contribution in [2.45, 2.75) is 13.0 Å². The highest BCUT2D eigenvalue weighted by molar-refractivity contribution is 5.95. The van der Waals surface area contributed by atoms with Crippen molar-refractivity contribution < 1.29 is 14.0 Å². The van der Waals surface area contributed by atoms with Crippen molar-refractivity contribution in [2.75, 3.05) is 31.5 Å². The highest BCUT2D eigenvalue weighted by Gasteiger charge is 2.28. The van der Waals surface area contributed by atoms with Gasteiger partial charge in [-0.05, 0) is 31.2 Å². The van der Waals surface area contributed by atoms with E-state index in [1.54, 1.807) is 36.1 Å². The Balaban J connectivity index is 1.55. The van der Waals surface area contributed by atoms with Crippen LogP contribution in [-0.4, -0.2) is 53.8 Å². The van der Waals surface area contributed by atoms with Crippen LogP contribution in [0.2, 0.25) is 0 Å². The predicted octanol–water partition coefficient (Wildman–Crippen LogP) is 2.61. The summed E-state index contributed by atoms with van der Waals surface area (Å²) in [5.41, 5.74) is 0.855. The van der Waals surface area contributed by atoms with E-state index in [9.17, 15) is 14.0 Å². The van der Waals surface area contributed by atoms with E-state index in [0.717, 1.165) is 0 Å². The number of benzene rings is 2. The van der Waals surface area contributed by atoms with Crippen LogP contribution in [0.3, 0.4) is 0 Å². The summed E-state index contributed by atoms with van der Waals surface area (Å²) >= 11 is 0. The van der Waals surface area contributed by atoms with Gasteiger partial charge in [0.05, 0.1) is 11.7 Å². The molecule has 1 fully saturated rings. The topological polar surface area (TPSA) is 52.7 Å². The summed E-state index contributed by atoms with van der Waals surface area (Å²) in [5, 5.41) is 2.63. The van der Waals surface area contributed by atoms with Gasteiger partial charge in [0.2, 0.25) is 5.91 Å². The monoisotopic (exact) mass is 355 g/mol. The van der Waals surface area contributed by atoms with Crippen molar-refractivity contribution in [1.82, 2.24) is 9.80 Å². The summed E-state index contributed by atoms with van der Waals surface area (Å²) in [6, 6.07) is 14.9. The first-order valence-electron chi connectivity index (χ1n) is 8.70. The molecule has 1 atom stereocenters. The van der Waals surface area contributed by atoms with Gasteiger partial charge >= 0.3 is 0 Å². The van der Waals surface area contributed by atoms with E-state index >= 15 is 0 Å². The summed E-state index contributed by atoms with van der Waals surface area (Å²) in [7, 11) is 0. The molecule has 0 bridgehead atoms. The third-order valence-electron chi connectivity index (χ3n) is 4.68. The maximum atomic E-state index is 13.7. The molecule has 2 aromatic carbocycles. The zero-order valence-electron chi connectivity index (χ0n) is 14.7. The molecule has 3 rings (SSSR count).